The van der Waals surface area contributed by atoms with Crippen molar-refractivity contribution in [2.24, 2.45) is 0 Å². The van der Waals surface area contributed by atoms with Gasteiger partial charge in [-0.25, -0.2) is 0 Å². The first-order valence-electron chi connectivity index (χ1n) is 2.83. The maximum Gasteiger partial charge on any atom is 2.00 e. The maximum atomic E-state index is 8.06. The van der Waals surface area contributed by atoms with Crippen molar-refractivity contribution in [1.29, 1.82) is 0 Å². The fraction of sp³-hybridized carbons (Fsp3) is 1.00. The summed E-state index contributed by atoms with van der Waals surface area (Å²) in [5.74, 6) is 0. The van der Waals surface area contributed by atoms with E-state index in [0.717, 1.165) is 0 Å². The summed E-state index contributed by atoms with van der Waals surface area (Å²) in [7, 11) is 0. The third-order valence-electron chi connectivity index (χ3n) is 0. The van der Waals surface area contributed by atoms with Crippen molar-refractivity contribution in [3.63, 3.8) is 0 Å². The van der Waals surface area contributed by atoms with Gasteiger partial charge in [0.2, 0.25) is 0 Å². The molecule has 8 radical (unpaired) electrons. The average Bonchev–Trinajstić information content (AvgIpc) is 1.25. The van der Waals surface area contributed by atoms with Crippen LogP contribution in [-0.2, 0) is 21.7 Å². The summed E-state index contributed by atoms with van der Waals surface area (Å²) in [6, 6.07) is 0. The fourth-order valence-electron chi connectivity index (χ4n) is 0. The molecule has 0 saturated heterocycles. The molecule has 0 aliphatic carbocycles. The number of rotatable bonds is 0. The molecule has 0 amide bonds. The van der Waals surface area contributed by atoms with Crippen LogP contribution in [0.5, 0.6) is 0 Å². The molecule has 0 rings (SSSR count). The van der Waals surface area contributed by atoms with E-state index in [9.17, 15) is 0 Å². The first-order chi connectivity index (χ1) is 3.46. The van der Waals surface area contributed by atoms with Gasteiger partial charge in [0.25, 0.3) is 0 Å². The molecule has 0 bridgehead atoms. The van der Waals surface area contributed by atoms with E-state index in [-0.39, 0.29) is 50.8 Å². The van der Waals surface area contributed by atoms with Gasteiger partial charge in [-0.05, 0) is 27.7 Å². The molecule has 0 heterocycles. The predicted molar refractivity (Wildman–Crippen MR) is 46.2 cm³/mol. The Labute approximate surface area is 88.8 Å². The van der Waals surface area contributed by atoms with Gasteiger partial charge in [0.05, 0.1) is 0 Å². The van der Waals surface area contributed by atoms with E-state index < -0.39 is 0 Å². The van der Waals surface area contributed by atoms with Crippen LogP contribution in [0.25, 0.3) is 0 Å². The van der Waals surface area contributed by atoms with Crippen LogP contribution < -0.4 is 0 Å². The third kappa shape index (κ3) is 1420. The molecule has 0 aliphatic heterocycles. The summed E-state index contributed by atoms with van der Waals surface area (Å²) < 4.78 is 0. The summed E-state index contributed by atoms with van der Waals surface area (Å²) in [4.78, 5) is 0. The van der Waals surface area contributed by atoms with E-state index in [1.54, 1.807) is 27.7 Å². The smallest absolute Gasteiger partial charge is 1.00 e. The summed E-state index contributed by atoms with van der Waals surface area (Å²) in [6.07, 6.45) is -0.333. The molecule has 0 unspecified atom stereocenters. The van der Waals surface area contributed by atoms with E-state index in [2.05, 4.69) is 0 Å². The molecule has 0 aliphatic rings. The average molecular weight is 190 g/mol. The number of hydrogen-bond acceptors (Lipinski definition) is 2. The second kappa shape index (κ2) is 22.4. The van der Waals surface area contributed by atoms with Gasteiger partial charge >= 0.3 is 21.7 Å². The van der Waals surface area contributed by atoms with Gasteiger partial charge in [-0.2, -0.15) is 0 Å². The molecular formula is C6H16B2O2Ti. The normalized spacial score (nSPS) is 6.55. The van der Waals surface area contributed by atoms with Crippen LogP contribution in [0.2, 0.25) is 0 Å². The van der Waals surface area contributed by atoms with E-state index in [1.807, 2.05) is 0 Å². The minimum atomic E-state index is -0.167. The fourth-order valence-corrected chi connectivity index (χ4v) is 0. The Morgan fingerprint density at radius 2 is 0.727 bits per heavy atom. The van der Waals surface area contributed by atoms with Crippen LogP contribution in [0.15, 0.2) is 0 Å². The first-order valence-corrected chi connectivity index (χ1v) is 2.83. The quantitative estimate of drug-likeness (QED) is 0.528. The standard InChI is InChI=1S/2C3H8O.2B.Ti/c2*1-3(2)4;;;/h2*3-4H,1-2H3;;;/q;;2*-1;+2. The molecule has 2 nitrogen and oxygen atoms in total. The summed E-state index contributed by atoms with van der Waals surface area (Å²) in [5.41, 5.74) is 0. The van der Waals surface area contributed by atoms with Crippen LogP contribution in [0, 0.1) is 0 Å². The Morgan fingerprint density at radius 3 is 0.727 bits per heavy atom. The van der Waals surface area contributed by atoms with Gasteiger partial charge in [-0.1, -0.05) is 0 Å². The Kier molecular flexibility index (Phi) is 60.7. The number of aliphatic hydroxyl groups excluding tert-OH is 2. The molecular weight excluding hydrogens is 174 g/mol. The molecule has 0 aromatic heterocycles. The third-order valence-corrected chi connectivity index (χ3v) is 0. The van der Waals surface area contributed by atoms with Crippen molar-refractivity contribution in [3.8, 4) is 0 Å². The molecule has 2 N–H and O–H groups in total. The van der Waals surface area contributed by atoms with Gasteiger partial charge in [-0.15, -0.1) is 0 Å². The number of aliphatic hydroxyl groups is 2. The van der Waals surface area contributed by atoms with E-state index in [4.69, 9.17) is 10.2 Å². The Bertz CT molecular complexity index is 34.1. The number of hydrogen-bond donors (Lipinski definition) is 2. The zero-order chi connectivity index (χ0) is 7.15. The molecule has 0 fully saturated rings. The molecule has 0 spiro atoms. The van der Waals surface area contributed by atoms with Gasteiger partial charge < -0.3 is 27.0 Å². The van der Waals surface area contributed by atoms with Crippen LogP contribution in [0.4, 0.5) is 0 Å². The minimum Gasteiger partial charge on any atom is -1.00 e. The van der Waals surface area contributed by atoms with Crippen LogP contribution in [0.1, 0.15) is 27.7 Å². The monoisotopic (exact) mass is 190 g/mol. The van der Waals surface area contributed by atoms with Crippen LogP contribution in [-0.4, -0.2) is 39.2 Å². The molecule has 5 heteroatoms. The summed E-state index contributed by atoms with van der Waals surface area (Å²) >= 11 is 0. The van der Waals surface area contributed by atoms with E-state index in [1.165, 1.54) is 0 Å². The summed E-state index contributed by atoms with van der Waals surface area (Å²) in [6.45, 7) is 6.89. The zero-order valence-corrected chi connectivity index (χ0v) is 9.27. The molecule has 0 aromatic rings. The Balaban J connectivity index is -0.0000000171. The minimum absolute atomic E-state index is 0. The second-order valence-electron chi connectivity index (χ2n) is 2.19. The SMILES string of the molecule is CC(C)O.CC(C)O.[B-].[B-].[Ti+2]. The van der Waals surface area contributed by atoms with E-state index >= 15 is 0 Å². The second-order valence-corrected chi connectivity index (χ2v) is 2.19. The van der Waals surface area contributed by atoms with Crippen molar-refractivity contribution in [1.82, 2.24) is 0 Å². The van der Waals surface area contributed by atoms with Crippen LogP contribution in [0.3, 0.4) is 0 Å². The molecule has 62 valence electrons. The molecule has 11 heavy (non-hydrogen) atoms. The van der Waals surface area contributed by atoms with Crippen molar-refractivity contribution in [2.45, 2.75) is 39.9 Å². The van der Waals surface area contributed by atoms with Gasteiger partial charge in [-0.3, -0.25) is 0 Å². The van der Waals surface area contributed by atoms with Gasteiger partial charge in [0.1, 0.15) is 0 Å². The molecule has 0 aromatic carbocycles. The van der Waals surface area contributed by atoms with Crippen molar-refractivity contribution >= 4 is 16.8 Å². The van der Waals surface area contributed by atoms with Gasteiger partial charge in [0, 0.05) is 12.2 Å². The summed E-state index contributed by atoms with van der Waals surface area (Å²) in [5, 5.41) is 16.1. The molecule has 0 atom stereocenters. The zero-order valence-electron chi connectivity index (χ0n) is 7.70. The van der Waals surface area contributed by atoms with Gasteiger partial charge in [0.15, 0.2) is 0 Å². The largest absolute Gasteiger partial charge is 2.00 e. The van der Waals surface area contributed by atoms with Crippen molar-refractivity contribution in [2.75, 3.05) is 0 Å². The van der Waals surface area contributed by atoms with Crippen molar-refractivity contribution < 1.29 is 31.9 Å². The van der Waals surface area contributed by atoms with E-state index in [0.29, 0.717) is 0 Å². The van der Waals surface area contributed by atoms with Crippen LogP contribution >= 0.6 is 0 Å². The molecule has 0 saturated carbocycles. The predicted octanol–water partition coefficient (Wildman–Crippen LogP) is 0.0101. The first kappa shape index (κ1) is 29.8. The van der Waals surface area contributed by atoms with Crippen molar-refractivity contribution in [3.05, 3.63) is 0 Å². The Morgan fingerprint density at radius 1 is 0.727 bits per heavy atom. The maximum absolute atomic E-state index is 8.06. The Hall–Kier alpha value is 0.764. The topological polar surface area (TPSA) is 40.5 Å².